The molecule has 0 aliphatic rings. The van der Waals surface area contributed by atoms with Crippen molar-refractivity contribution in [3.63, 3.8) is 0 Å². The molecule has 0 fully saturated rings. The second-order valence-corrected chi connectivity index (χ2v) is 4.14. The number of nitrogens with one attached hydrogen (secondary N) is 1. The summed E-state index contributed by atoms with van der Waals surface area (Å²) in [5.74, 6) is 0.438. The van der Waals surface area contributed by atoms with Gasteiger partial charge in [0.2, 0.25) is 0 Å². The number of nitrogens with zero attached hydrogens (tertiary/aromatic N) is 1. The summed E-state index contributed by atoms with van der Waals surface area (Å²) in [4.78, 5) is 4.36. The van der Waals surface area contributed by atoms with Crippen LogP contribution in [0.3, 0.4) is 0 Å². The minimum atomic E-state index is -0.254. The second kappa shape index (κ2) is 6.29. The van der Waals surface area contributed by atoms with E-state index in [9.17, 15) is 4.39 Å². The van der Waals surface area contributed by atoms with Gasteiger partial charge in [0.05, 0.1) is 13.2 Å². The number of ether oxygens (including phenoxy) is 1. The average molecular weight is 260 g/mol. The van der Waals surface area contributed by atoms with Crippen LogP contribution >= 0.6 is 0 Å². The van der Waals surface area contributed by atoms with Crippen molar-refractivity contribution >= 4 is 0 Å². The van der Waals surface area contributed by atoms with Gasteiger partial charge in [0, 0.05) is 6.20 Å². The lowest BCUT2D eigenvalue weighted by molar-refractivity contribution is 0.400. The molecule has 0 aliphatic heterocycles. The lowest BCUT2D eigenvalue weighted by Gasteiger charge is -2.20. The first-order valence-electron chi connectivity index (χ1n) is 6.24. The molecule has 1 aromatic heterocycles. The van der Waals surface area contributed by atoms with Crippen molar-refractivity contribution in [2.75, 3.05) is 13.7 Å². The summed E-state index contributed by atoms with van der Waals surface area (Å²) in [7, 11) is 1.61. The van der Waals surface area contributed by atoms with Crippen LogP contribution in [0.2, 0.25) is 0 Å². The van der Waals surface area contributed by atoms with Crippen LogP contribution in [0.25, 0.3) is 0 Å². The van der Waals surface area contributed by atoms with E-state index in [-0.39, 0.29) is 11.9 Å². The number of pyridine rings is 1. The number of hydrogen-bond acceptors (Lipinski definition) is 3. The SMILES string of the molecule is CCNC(c1cccc(F)c1)c1ncccc1OC. The zero-order valence-electron chi connectivity index (χ0n) is 11.1. The predicted octanol–water partition coefficient (Wildman–Crippen LogP) is 2.93. The molecule has 1 heterocycles. The molecule has 1 unspecified atom stereocenters. The van der Waals surface area contributed by atoms with Gasteiger partial charge in [0.1, 0.15) is 17.3 Å². The quantitative estimate of drug-likeness (QED) is 0.897. The van der Waals surface area contributed by atoms with Crippen LogP contribution in [0.1, 0.15) is 24.2 Å². The van der Waals surface area contributed by atoms with Crippen molar-refractivity contribution in [3.05, 3.63) is 59.7 Å². The Morgan fingerprint density at radius 2 is 2.16 bits per heavy atom. The van der Waals surface area contributed by atoms with Gasteiger partial charge < -0.3 is 10.1 Å². The molecule has 4 heteroatoms. The maximum atomic E-state index is 13.4. The highest BCUT2D eigenvalue weighted by Gasteiger charge is 2.18. The van der Waals surface area contributed by atoms with Gasteiger partial charge in [-0.2, -0.15) is 0 Å². The largest absolute Gasteiger partial charge is 0.495 e. The molecule has 3 nitrogen and oxygen atoms in total. The van der Waals surface area contributed by atoms with Gasteiger partial charge in [-0.3, -0.25) is 4.98 Å². The van der Waals surface area contributed by atoms with Crippen molar-refractivity contribution < 1.29 is 9.13 Å². The fraction of sp³-hybridized carbons (Fsp3) is 0.267. The zero-order valence-corrected chi connectivity index (χ0v) is 11.1. The summed E-state index contributed by atoms with van der Waals surface area (Å²) in [5.41, 5.74) is 1.59. The van der Waals surface area contributed by atoms with Crippen molar-refractivity contribution in [2.45, 2.75) is 13.0 Å². The van der Waals surface area contributed by atoms with Gasteiger partial charge in [-0.15, -0.1) is 0 Å². The number of methoxy groups -OCH3 is 1. The molecular weight excluding hydrogens is 243 g/mol. The Balaban J connectivity index is 2.45. The topological polar surface area (TPSA) is 34.2 Å². The molecule has 0 saturated heterocycles. The van der Waals surface area contributed by atoms with E-state index in [4.69, 9.17) is 4.74 Å². The van der Waals surface area contributed by atoms with Gasteiger partial charge >= 0.3 is 0 Å². The molecule has 2 rings (SSSR count). The van der Waals surface area contributed by atoms with Gasteiger partial charge in [0.25, 0.3) is 0 Å². The number of rotatable bonds is 5. The van der Waals surface area contributed by atoms with E-state index >= 15 is 0 Å². The minimum absolute atomic E-state index is 0.183. The van der Waals surface area contributed by atoms with E-state index in [0.29, 0.717) is 5.75 Å². The van der Waals surface area contributed by atoms with Crippen LogP contribution in [-0.4, -0.2) is 18.6 Å². The van der Waals surface area contributed by atoms with Crippen molar-refractivity contribution in [1.29, 1.82) is 0 Å². The molecule has 1 N–H and O–H groups in total. The first kappa shape index (κ1) is 13.5. The molecule has 0 saturated carbocycles. The lowest BCUT2D eigenvalue weighted by atomic mass is 10.0. The first-order valence-corrected chi connectivity index (χ1v) is 6.24. The van der Waals surface area contributed by atoms with Gasteiger partial charge in [-0.1, -0.05) is 19.1 Å². The standard InChI is InChI=1S/C15H17FN2O/c1-3-17-14(11-6-4-7-12(16)10-11)15-13(19-2)8-5-9-18-15/h4-10,14,17H,3H2,1-2H3. The van der Waals surface area contributed by atoms with Crippen LogP contribution in [0.15, 0.2) is 42.6 Å². The lowest BCUT2D eigenvalue weighted by Crippen LogP contribution is -2.23. The minimum Gasteiger partial charge on any atom is -0.495 e. The van der Waals surface area contributed by atoms with Crippen molar-refractivity contribution in [2.24, 2.45) is 0 Å². The third kappa shape index (κ3) is 3.09. The molecule has 0 spiro atoms. The Labute approximate surface area is 112 Å². The number of hydrogen-bond donors (Lipinski definition) is 1. The number of aromatic nitrogens is 1. The predicted molar refractivity (Wildman–Crippen MR) is 72.7 cm³/mol. The Morgan fingerprint density at radius 1 is 1.32 bits per heavy atom. The van der Waals surface area contributed by atoms with E-state index < -0.39 is 0 Å². The summed E-state index contributed by atoms with van der Waals surface area (Å²) >= 11 is 0. The molecule has 0 radical (unpaired) electrons. The molecule has 2 aromatic rings. The molecule has 1 atom stereocenters. The third-order valence-electron chi connectivity index (χ3n) is 2.88. The molecule has 0 bridgehead atoms. The highest BCUT2D eigenvalue weighted by atomic mass is 19.1. The van der Waals surface area contributed by atoms with Crippen LogP contribution in [0.4, 0.5) is 4.39 Å². The van der Waals surface area contributed by atoms with Crippen LogP contribution in [0, 0.1) is 5.82 Å². The van der Waals surface area contributed by atoms with E-state index in [1.807, 2.05) is 25.1 Å². The average Bonchev–Trinajstić information content (AvgIpc) is 2.45. The number of halogens is 1. The Kier molecular flexibility index (Phi) is 4.47. The first-order chi connectivity index (χ1) is 9.26. The van der Waals surface area contributed by atoms with Crippen molar-refractivity contribution in [3.8, 4) is 5.75 Å². The maximum Gasteiger partial charge on any atom is 0.142 e. The fourth-order valence-corrected chi connectivity index (χ4v) is 2.05. The maximum absolute atomic E-state index is 13.4. The summed E-state index contributed by atoms with van der Waals surface area (Å²) in [6.45, 7) is 2.75. The third-order valence-corrected chi connectivity index (χ3v) is 2.88. The zero-order chi connectivity index (χ0) is 13.7. The highest BCUT2D eigenvalue weighted by molar-refractivity contribution is 5.36. The Hall–Kier alpha value is -1.94. The number of benzene rings is 1. The molecule has 0 aliphatic carbocycles. The Bertz CT molecular complexity index is 545. The molecule has 1 aromatic carbocycles. The summed E-state index contributed by atoms with van der Waals surface area (Å²) in [6.07, 6.45) is 1.71. The molecule has 19 heavy (non-hydrogen) atoms. The molecule has 100 valence electrons. The van der Waals surface area contributed by atoms with Crippen LogP contribution in [0.5, 0.6) is 5.75 Å². The molecular formula is C15H17FN2O. The van der Waals surface area contributed by atoms with Crippen LogP contribution < -0.4 is 10.1 Å². The van der Waals surface area contributed by atoms with E-state index in [1.165, 1.54) is 12.1 Å². The van der Waals surface area contributed by atoms with Crippen molar-refractivity contribution in [1.82, 2.24) is 10.3 Å². The highest BCUT2D eigenvalue weighted by Crippen LogP contribution is 2.28. The van der Waals surface area contributed by atoms with Gasteiger partial charge in [-0.05, 0) is 36.4 Å². The molecule has 0 amide bonds. The normalized spacial score (nSPS) is 12.2. The second-order valence-electron chi connectivity index (χ2n) is 4.14. The van der Waals surface area contributed by atoms with Gasteiger partial charge in [-0.25, -0.2) is 4.39 Å². The van der Waals surface area contributed by atoms with E-state index in [1.54, 1.807) is 19.4 Å². The van der Waals surface area contributed by atoms with Gasteiger partial charge in [0.15, 0.2) is 0 Å². The Morgan fingerprint density at radius 3 is 2.84 bits per heavy atom. The smallest absolute Gasteiger partial charge is 0.142 e. The monoisotopic (exact) mass is 260 g/mol. The summed E-state index contributed by atoms with van der Waals surface area (Å²) in [5, 5.41) is 3.31. The summed E-state index contributed by atoms with van der Waals surface area (Å²) < 4.78 is 18.7. The summed E-state index contributed by atoms with van der Waals surface area (Å²) in [6, 6.07) is 10.0. The van der Waals surface area contributed by atoms with E-state index in [0.717, 1.165) is 17.8 Å². The fourth-order valence-electron chi connectivity index (χ4n) is 2.05. The van der Waals surface area contributed by atoms with Crippen LogP contribution in [-0.2, 0) is 0 Å². The van der Waals surface area contributed by atoms with E-state index in [2.05, 4.69) is 10.3 Å².